The van der Waals surface area contributed by atoms with Crippen LogP contribution >= 0.6 is 0 Å². The molecule has 0 fully saturated rings. The topological polar surface area (TPSA) is 89.5 Å². The van der Waals surface area contributed by atoms with Crippen LogP contribution < -0.4 is 4.90 Å². The van der Waals surface area contributed by atoms with E-state index in [0.29, 0.717) is 5.56 Å². The third kappa shape index (κ3) is 4.65. The van der Waals surface area contributed by atoms with E-state index in [1.807, 2.05) is 49.3 Å². The van der Waals surface area contributed by atoms with Gasteiger partial charge in [-0.3, -0.25) is 20.2 Å². The third-order valence-corrected chi connectivity index (χ3v) is 4.49. The molecule has 3 aromatic rings. The minimum Gasteiger partial charge on any atom is -0.378 e. The van der Waals surface area contributed by atoms with Gasteiger partial charge in [-0.15, -0.1) is 0 Å². The SMILES string of the molecule is CN(C)c1ccc(-c2ccc(/C=C/c3ccc([N+](=O)[O-])c([N+](=O)[O-])c3)cc2)cc1. The Hall–Kier alpha value is -4.00. The molecule has 0 aromatic heterocycles. The highest BCUT2D eigenvalue weighted by Crippen LogP contribution is 2.28. The fraction of sp³-hybridized carbons (Fsp3) is 0.0909. The van der Waals surface area contributed by atoms with E-state index in [-0.39, 0.29) is 0 Å². The predicted molar refractivity (Wildman–Crippen MR) is 115 cm³/mol. The fourth-order valence-electron chi connectivity index (χ4n) is 2.88. The molecule has 7 nitrogen and oxygen atoms in total. The second kappa shape index (κ2) is 8.35. The van der Waals surface area contributed by atoms with Gasteiger partial charge in [0.1, 0.15) is 0 Å². The zero-order chi connectivity index (χ0) is 21.0. The summed E-state index contributed by atoms with van der Waals surface area (Å²) in [4.78, 5) is 22.5. The normalized spacial score (nSPS) is 10.8. The quantitative estimate of drug-likeness (QED) is 0.320. The first-order valence-corrected chi connectivity index (χ1v) is 8.84. The lowest BCUT2D eigenvalue weighted by Gasteiger charge is -2.12. The molecule has 0 atom stereocenters. The monoisotopic (exact) mass is 389 g/mol. The number of hydrogen-bond donors (Lipinski definition) is 0. The summed E-state index contributed by atoms with van der Waals surface area (Å²) in [6.07, 6.45) is 3.50. The number of hydrogen-bond acceptors (Lipinski definition) is 5. The number of rotatable bonds is 6. The molecule has 0 aliphatic heterocycles. The average Bonchev–Trinajstić information content (AvgIpc) is 2.72. The average molecular weight is 389 g/mol. The molecule has 0 N–H and O–H groups in total. The lowest BCUT2D eigenvalue weighted by molar-refractivity contribution is -0.422. The van der Waals surface area contributed by atoms with Gasteiger partial charge in [0.15, 0.2) is 0 Å². The van der Waals surface area contributed by atoms with Crippen LogP contribution in [0.1, 0.15) is 11.1 Å². The van der Waals surface area contributed by atoms with Crippen LogP contribution in [0.15, 0.2) is 66.7 Å². The Bertz CT molecular complexity index is 1070. The van der Waals surface area contributed by atoms with Crippen molar-refractivity contribution in [3.63, 3.8) is 0 Å². The molecule has 29 heavy (non-hydrogen) atoms. The van der Waals surface area contributed by atoms with Crippen molar-refractivity contribution in [3.8, 4) is 11.1 Å². The van der Waals surface area contributed by atoms with Gasteiger partial charge in [0, 0.05) is 31.9 Å². The Morgan fingerprint density at radius 2 is 1.17 bits per heavy atom. The highest BCUT2D eigenvalue weighted by Gasteiger charge is 2.23. The van der Waals surface area contributed by atoms with Gasteiger partial charge in [0.05, 0.1) is 9.85 Å². The van der Waals surface area contributed by atoms with Gasteiger partial charge in [-0.2, -0.15) is 0 Å². The van der Waals surface area contributed by atoms with Crippen molar-refractivity contribution in [2.24, 2.45) is 0 Å². The first-order valence-electron chi connectivity index (χ1n) is 8.84. The molecule has 7 heteroatoms. The molecule has 0 unspecified atom stereocenters. The molecule has 146 valence electrons. The smallest absolute Gasteiger partial charge is 0.346 e. The van der Waals surface area contributed by atoms with Crippen LogP contribution in [-0.4, -0.2) is 23.9 Å². The van der Waals surface area contributed by atoms with E-state index in [9.17, 15) is 20.2 Å². The van der Waals surface area contributed by atoms with Gasteiger partial charge < -0.3 is 4.90 Å². The van der Waals surface area contributed by atoms with Gasteiger partial charge in [0.2, 0.25) is 0 Å². The van der Waals surface area contributed by atoms with Gasteiger partial charge in [0.25, 0.3) is 0 Å². The molecule has 0 bridgehead atoms. The van der Waals surface area contributed by atoms with Crippen LogP contribution in [0.5, 0.6) is 0 Å². The lowest BCUT2D eigenvalue weighted by Crippen LogP contribution is -2.07. The summed E-state index contributed by atoms with van der Waals surface area (Å²) >= 11 is 0. The van der Waals surface area contributed by atoms with Gasteiger partial charge in [-0.25, -0.2) is 0 Å². The molecule has 0 spiro atoms. The second-order valence-corrected chi connectivity index (χ2v) is 6.66. The molecule has 3 aromatic carbocycles. The number of nitrogens with zero attached hydrogens (tertiary/aromatic N) is 3. The minimum atomic E-state index is -0.755. The maximum Gasteiger partial charge on any atom is 0.346 e. The van der Waals surface area contributed by atoms with Crippen molar-refractivity contribution in [2.45, 2.75) is 0 Å². The molecule has 3 rings (SSSR count). The van der Waals surface area contributed by atoms with E-state index >= 15 is 0 Å². The Kier molecular flexibility index (Phi) is 5.69. The largest absolute Gasteiger partial charge is 0.378 e. The molecule has 0 aliphatic rings. The van der Waals surface area contributed by atoms with Gasteiger partial charge in [-0.05, 0) is 40.5 Å². The van der Waals surface area contributed by atoms with Crippen LogP contribution in [0.25, 0.3) is 23.3 Å². The number of nitro groups is 2. The van der Waals surface area contributed by atoms with Crippen LogP contribution in [-0.2, 0) is 0 Å². The fourth-order valence-corrected chi connectivity index (χ4v) is 2.88. The number of nitro benzene ring substituents is 2. The zero-order valence-electron chi connectivity index (χ0n) is 16.0. The second-order valence-electron chi connectivity index (χ2n) is 6.66. The summed E-state index contributed by atoms with van der Waals surface area (Å²) in [5, 5.41) is 22.0. The maximum atomic E-state index is 11.1. The van der Waals surface area contributed by atoms with Gasteiger partial charge >= 0.3 is 11.4 Å². The van der Waals surface area contributed by atoms with Crippen molar-refractivity contribution in [2.75, 3.05) is 19.0 Å². The molecule has 0 amide bonds. The maximum absolute atomic E-state index is 11.1. The van der Waals surface area contributed by atoms with Crippen molar-refractivity contribution >= 4 is 29.2 Å². The summed E-state index contributed by atoms with van der Waals surface area (Å²) in [6, 6.07) is 20.0. The molecule has 0 aliphatic carbocycles. The predicted octanol–water partition coefficient (Wildman–Crippen LogP) is 5.41. The summed E-state index contributed by atoms with van der Waals surface area (Å²) in [5.74, 6) is 0. The summed E-state index contributed by atoms with van der Waals surface area (Å²) < 4.78 is 0. The first-order chi connectivity index (χ1) is 13.8. The molecule has 0 radical (unpaired) electrons. The van der Waals surface area contributed by atoms with E-state index in [1.54, 1.807) is 6.08 Å². The van der Waals surface area contributed by atoms with Crippen LogP contribution in [0, 0.1) is 20.2 Å². The van der Waals surface area contributed by atoms with Crippen molar-refractivity contribution in [3.05, 3.63) is 98.1 Å². The highest BCUT2D eigenvalue weighted by atomic mass is 16.6. The number of benzene rings is 3. The molecule has 0 heterocycles. The summed E-state index contributed by atoms with van der Waals surface area (Å²) in [5.41, 5.74) is 3.72. The number of anilines is 1. The van der Waals surface area contributed by atoms with Crippen molar-refractivity contribution in [1.82, 2.24) is 0 Å². The summed E-state index contributed by atoms with van der Waals surface area (Å²) in [7, 11) is 3.99. The van der Waals surface area contributed by atoms with Crippen molar-refractivity contribution < 1.29 is 9.85 Å². The molecule has 0 saturated carbocycles. The Balaban J connectivity index is 1.79. The lowest BCUT2D eigenvalue weighted by atomic mass is 10.0. The Morgan fingerprint density at radius 3 is 1.69 bits per heavy atom. The Morgan fingerprint density at radius 1 is 0.690 bits per heavy atom. The molecular formula is C22H19N3O4. The van der Waals surface area contributed by atoms with Gasteiger partial charge in [-0.1, -0.05) is 48.6 Å². The van der Waals surface area contributed by atoms with E-state index in [1.165, 1.54) is 12.1 Å². The zero-order valence-corrected chi connectivity index (χ0v) is 16.0. The third-order valence-electron chi connectivity index (χ3n) is 4.49. The standard InChI is InChI=1S/C22H19N3O4/c1-23(2)20-12-10-19(11-13-20)18-8-5-16(6-9-18)3-4-17-7-14-21(24(26)27)22(15-17)25(28)29/h3-15H,1-2H3/b4-3+. The molecule has 0 saturated heterocycles. The van der Waals surface area contributed by atoms with Crippen molar-refractivity contribution in [1.29, 1.82) is 0 Å². The highest BCUT2D eigenvalue weighted by molar-refractivity contribution is 5.74. The minimum absolute atomic E-state index is 0.517. The van der Waals surface area contributed by atoms with Crippen LogP contribution in [0.3, 0.4) is 0 Å². The summed E-state index contributed by atoms with van der Waals surface area (Å²) in [6.45, 7) is 0. The first kappa shape index (κ1) is 19.8. The van der Waals surface area contributed by atoms with E-state index < -0.39 is 21.2 Å². The van der Waals surface area contributed by atoms with E-state index in [0.717, 1.165) is 28.4 Å². The van der Waals surface area contributed by atoms with E-state index in [2.05, 4.69) is 24.3 Å². The van der Waals surface area contributed by atoms with Crippen LogP contribution in [0.4, 0.5) is 17.1 Å². The molecular weight excluding hydrogens is 370 g/mol. The Labute approximate surface area is 167 Å². The van der Waals surface area contributed by atoms with Crippen LogP contribution in [0.2, 0.25) is 0 Å². The van der Waals surface area contributed by atoms with E-state index in [4.69, 9.17) is 0 Å².